The fraction of sp³-hybridized carbons (Fsp3) is 0.643. The highest BCUT2D eigenvalue weighted by molar-refractivity contribution is 5.97. The number of fused-ring (bicyclic) bond motifs is 2. The fourth-order valence-electron chi connectivity index (χ4n) is 3.49. The number of amides is 2. The summed E-state index contributed by atoms with van der Waals surface area (Å²) in [7, 11) is 0. The summed E-state index contributed by atoms with van der Waals surface area (Å²) in [6.07, 6.45) is 4.13. The van der Waals surface area contributed by atoms with E-state index in [2.05, 4.69) is 0 Å². The molecule has 0 radical (unpaired) electrons. The average Bonchev–Trinajstić information content (AvgIpc) is 3.12. The smallest absolute Gasteiger partial charge is 0.416 e. The van der Waals surface area contributed by atoms with E-state index in [0.29, 0.717) is 6.61 Å². The summed E-state index contributed by atoms with van der Waals surface area (Å²) in [5.41, 5.74) is 0. The normalized spacial score (nSPS) is 34.5. The minimum absolute atomic E-state index is 0.0234. The van der Waals surface area contributed by atoms with Gasteiger partial charge in [0.2, 0.25) is 5.91 Å². The van der Waals surface area contributed by atoms with E-state index in [-0.39, 0.29) is 36.9 Å². The molecular weight excluding hydrogens is 262 g/mol. The summed E-state index contributed by atoms with van der Waals surface area (Å²) < 4.78 is 9.89. The van der Waals surface area contributed by atoms with Crippen molar-refractivity contribution in [3.05, 3.63) is 12.2 Å². The fourth-order valence-corrected chi connectivity index (χ4v) is 3.49. The van der Waals surface area contributed by atoms with Crippen molar-refractivity contribution in [1.29, 1.82) is 0 Å². The molecule has 0 aromatic heterocycles. The van der Waals surface area contributed by atoms with Gasteiger partial charge in [-0.15, -0.1) is 0 Å². The third-order valence-electron chi connectivity index (χ3n) is 4.33. The second-order valence-electron chi connectivity index (χ2n) is 5.36. The van der Waals surface area contributed by atoms with Gasteiger partial charge in [-0.2, -0.15) is 0 Å². The highest BCUT2D eigenvalue weighted by Gasteiger charge is 2.54. The van der Waals surface area contributed by atoms with Gasteiger partial charge in [0.05, 0.1) is 25.0 Å². The van der Waals surface area contributed by atoms with Crippen LogP contribution in [0.4, 0.5) is 4.79 Å². The van der Waals surface area contributed by atoms with Gasteiger partial charge in [-0.1, -0.05) is 12.2 Å². The number of ether oxygens (including phenoxy) is 2. The Morgan fingerprint density at radius 2 is 2.05 bits per heavy atom. The van der Waals surface area contributed by atoms with Gasteiger partial charge in [-0.3, -0.25) is 9.59 Å². The molecule has 0 N–H and O–H groups in total. The van der Waals surface area contributed by atoms with Crippen molar-refractivity contribution >= 4 is 18.0 Å². The van der Waals surface area contributed by atoms with Crippen LogP contribution in [0.1, 0.15) is 13.3 Å². The van der Waals surface area contributed by atoms with Gasteiger partial charge < -0.3 is 9.47 Å². The van der Waals surface area contributed by atoms with Crippen LogP contribution in [0, 0.1) is 23.7 Å². The molecule has 2 bridgehead atoms. The molecule has 6 nitrogen and oxygen atoms in total. The molecule has 4 atom stereocenters. The van der Waals surface area contributed by atoms with Crippen LogP contribution in [0.25, 0.3) is 0 Å². The van der Waals surface area contributed by atoms with Crippen LogP contribution < -0.4 is 0 Å². The zero-order chi connectivity index (χ0) is 14.3. The molecule has 1 aliphatic heterocycles. The van der Waals surface area contributed by atoms with E-state index in [1.54, 1.807) is 6.92 Å². The van der Waals surface area contributed by atoms with E-state index in [1.165, 1.54) is 0 Å². The number of imide groups is 1. The third kappa shape index (κ3) is 1.90. The molecule has 3 rings (SSSR count). The predicted octanol–water partition coefficient (Wildman–Crippen LogP) is 0.967. The predicted molar refractivity (Wildman–Crippen MR) is 67.4 cm³/mol. The molecule has 1 saturated heterocycles. The van der Waals surface area contributed by atoms with Crippen molar-refractivity contribution in [2.75, 3.05) is 19.8 Å². The maximum absolute atomic E-state index is 12.6. The lowest BCUT2D eigenvalue weighted by Crippen LogP contribution is -2.43. The summed E-state index contributed by atoms with van der Waals surface area (Å²) in [6.45, 7) is 2.54. The molecule has 6 heteroatoms. The molecule has 2 amide bonds. The number of cyclic esters (lactones) is 1. The maximum atomic E-state index is 12.6. The molecule has 108 valence electrons. The van der Waals surface area contributed by atoms with Crippen LogP contribution in [0.15, 0.2) is 12.2 Å². The molecule has 2 fully saturated rings. The lowest BCUT2D eigenvalue weighted by atomic mass is 9.82. The number of carbonyl (C=O) groups is 3. The SMILES string of the molecule is CCOC(=O)C1C2C=CC(C2)[C@H]1C(=O)N1CCOC1=O. The number of nitrogens with zero attached hydrogens (tertiary/aromatic N) is 1. The lowest BCUT2D eigenvalue weighted by Gasteiger charge is -2.27. The first-order valence-electron chi connectivity index (χ1n) is 6.96. The number of esters is 1. The Balaban J connectivity index is 1.83. The second-order valence-corrected chi connectivity index (χ2v) is 5.36. The van der Waals surface area contributed by atoms with Crippen molar-refractivity contribution in [2.24, 2.45) is 23.7 Å². The lowest BCUT2D eigenvalue weighted by molar-refractivity contribution is -0.154. The van der Waals surface area contributed by atoms with Crippen LogP contribution in [0.3, 0.4) is 0 Å². The standard InChI is InChI=1S/C14H17NO5/c1-2-19-13(17)11-9-4-3-8(7-9)10(11)12(16)15-5-6-20-14(15)18/h3-4,8-11H,2,5-7H2,1H3/t8?,9?,10-,11?/m1/s1. The topological polar surface area (TPSA) is 72.9 Å². The summed E-state index contributed by atoms with van der Waals surface area (Å²) in [6, 6.07) is 0. The van der Waals surface area contributed by atoms with Gasteiger partial charge in [0.1, 0.15) is 6.61 Å². The van der Waals surface area contributed by atoms with Crippen molar-refractivity contribution < 1.29 is 23.9 Å². The highest BCUT2D eigenvalue weighted by Crippen LogP contribution is 2.49. The molecule has 1 heterocycles. The molecule has 1 saturated carbocycles. The van der Waals surface area contributed by atoms with Crippen LogP contribution in [-0.2, 0) is 19.1 Å². The molecule has 3 unspecified atom stereocenters. The Hall–Kier alpha value is -1.85. The average molecular weight is 279 g/mol. The van der Waals surface area contributed by atoms with E-state index in [9.17, 15) is 14.4 Å². The first-order chi connectivity index (χ1) is 9.63. The number of hydrogen-bond acceptors (Lipinski definition) is 5. The molecular formula is C14H17NO5. The first-order valence-corrected chi connectivity index (χ1v) is 6.96. The number of allylic oxidation sites excluding steroid dienone is 2. The Morgan fingerprint density at radius 1 is 1.35 bits per heavy atom. The van der Waals surface area contributed by atoms with Gasteiger partial charge >= 0.3 is 12.1 Å². The molecule has 0 aromatic carbocycles. The molecule has 3 aliphatic rings. The van der Waals surface area contributed by atoms with E-state index >= 15 is 0 Å². The van der Waals surface area contributed by atoms with E-state index in [1.807, 2.05) is 12.2 Å². The quantitative estimate of drug-likeness (QED) is 0.568. The Kier molecular flexibility index (Phi) is 3.23. The molecule has 20 heavy (non-hydrogen) atoms. The maximum Gasteiger partial charge on any atom is 0.416 e. The van der Waals surface area contributed by atoms with Crippen LogP contribution in [0.5, 0.6) is 0 Å². The van der Waals surface area contributed by atoms with Crippen molar-refractivity contribution in [3.63, 3.8) is 0 Å². The van der Waals surface area contributed by atoms with Gasteiger partial charge in [0.25, 0.3) is 0 Å². The van der Waals surface area contributed by atoms with E-state index in [4.69, 9.17) is 9.47 Å². The third-order valence-corrected chi connectivity index (χ3v) is 4.33. The van der Waals surface area contributed by atoms with Crippen LogP contribution in [0.2, 0.25) is 0 Å². The van der Waals surface area contributed by atoms with Crippen molar-refractivity contribution in [3.8, 4) is 0 Å². The van der Waals surface area contributed by atoms with Crippen molar-refractivity contribution in [2.45, 2.75) is 13.3 Å². The zero-order valence-corrected chi connectivity index (χ0v) is 11.3. The summed E-state index contributed by atoms with van der Waals surface area (Å²) >= 11 is 0. The van der Waals surface area contributed by atoms with E-state index in [0.717, 1.165) is 11.3 Å². The molecule has 0 spiro atoms. The summed E-state index contributed by atoms with van der Waals surface area (Å²) in [5, 5.41) is 0. The number of hydrogen-bond donors (Lipinski definition) is 0. The summed E-state index contributed by atoms with van der Waals surface area (Å²) in [4.78, 5) is 37.3. The first kappa shape index (κ1) is 13.1. The van der Waals surface area contributed by atoms with Crippen LogP contribution in [-0.4, -0.2) is 42.6 Å². The van der Waals surface area contributed by atoms with Crippen LogP contribution >= 0.6 is 0 Å². The zero-order valence-electron chi connectivity index (χ0n) is 11.3. The van der Waals surface area contributed by atoms with Gasteiger partial charge in [-0.25, -0.2) is 9.69 Å². The van der Waals surface area contributed by atoms with Gasteiger partial charge in [0, 0.05) is 0 Å². The monoisotopic (exact) mass is 279 g/mol. The van der Waals surface area contributed by atoms with Crippen molar-refractivity contribution in [1.82, 2.24) is 4.90 Å². The second kappa shape index (κ2) is 4.92. The molecule has 2 aliphatic carbocycles. The minimum atomic E-state index is -0.607. The summed E-state index contributed by atoms with van der Waals surface area (Å²) in [5.74, 6) is -1.53. The Bertz CT molecular complexity index is 486. The number of carbonyl (C=O) groups excluding carboxylic acids is 3. The number of rotatable bonds is 3. The molecule has 0 aromatic rings. The Labute approximate surface area is 116 Å². The minimum Gasteiger partial charge on any atom is -0.466 e. The van der Waals surface area contributed by atoms with Gasteiger partial charge in [0.15, 0.2) is 0 Å². The Morgan fingerprint density at radius 3 is 2.65 bits per heavy atom. The highest BCUT2D eigenvalue weighted by atomic mass is 16.6. The van der Waals surface area contributed by atoms with Gasteiger partial charge in [-0.05, 0) is 25.2 Å². The largest absolute Gasteiger partial charge is 0.466 e. The van der Waals surface area contributed by atoms with E-state index < -0.39 is 17.9 Å².